The van der Waals surface area contributed by atoms with Crippen LogP contribution in [0.1, 0.15) is 28.9 Å². The van der Waals surface area contributed by atoms with Gasteiger partial charge >= 0.3 is 0 Å². The monoisotopic (exact) mass is 284 g/mol. The summed E-state index contributed by atoms with van der Waals surface area (Å²) < 4.78 is 0. The SMILES string of the molecule is Cc1ncc(CNC(=O)CCc2ccccc2C)c(N)n1. The summed E-state index contributed by atoms with van der Waals surface area (Å²) in [7, 11) is 0. The van der Waals surface area contributed by atoms with Crippen molar-refractivity contribution in [1.82, 2.24) is 15.3 Å². The molecular weight excluding hydrogens is 264 g/mol. The third-order valence-electron chi connectivity index (χ3n) is 3.38. The van der Waals surface area contributed by atoms with Gasteiger partial charge in [0.2, 0.25) is 5.91 Å². The van der Waals surface area contributed by atoms with Crippen molar-refractivity contribution in [2.24, 2.45) is 0 Å². The Labute approximate surface area is 124 Å². The van der Waals surface area contributed by atoms with Gasteiger partial charge in [-0.15, -0.1) is 0 Å². The van der Waals surface area contributed by atoms with Crippen LogP contribution >= 0.6 is 0 Å². The van der Waals surface area contributed by atoms with E-state index in [1.807, 2.05) is 12.1 Å². The lowest BCUT2D eigenvalue weighted by Gasteiger charge is -2.08. The van der Waals surface area contributed by atoms with Crippen LogP contribution in [0, 0.1) is 13.8 Å². The topological polar surface area (TPSA) is 80.9 Å². The molecule has 1 heterocycles. The van der Waals surface area contributed by atoms with E-state index in [0.29, 0.717) is 24.6 Å². The van der Waals surface area contributed by atoms with Gasteiger partial charge in [0.15, 0.2) is 0 Å². The summed E-state index contributed by atoms with van der Waals surface area (Å²) in [6, 6.07) is 8.09. The van der Waals surface area contributed by atoms with Crippen LogP contribution in [0.5, 0.6) is 0 Å². The second-order valence-electron chi connectivity index (χ2n) is 5.03. The van der Waals surface area contributed by atoms with Gasteiger partial charge in [-0.3, -0.25) is 4.79 Å². The Morgan fingerprint density at radius 3 is 2.71 bits per heavy atom. The largest absolute Gasteiger partial charge is 0.383 e. The zero-order chi connectivity index (χ0) is 15.2. The highest BCUT2D eigenvalue weighted by Gasteiger charge is 2.06. The minimum absolute atomic E-state index is 0.00164. The summed E-state index contributed by atoms with van der Waals surface area (Å²) >= 11 is 0. The van der Waals surface area contributed by atoms with E-state index in [9.17, 15) is 4.79 Å². The van der Waals surface area contributed by atoms with Crippen LogP contribution in [0.3, 0.4) is 0 Å². The highest BCUT2D eigenvalue weighted by Crippen LogP contribution is 2.10. The fraction of sp³-hybridized carbons (Fsp3) is 0.312. The van der Waals surface area contributed by atoms with E-state index in [4.69, 9.17) is 5.73 Å². The van der Waals surface area contributed by atoms with Crippen molar-refractivity contribution in [3.63, 3.8) is 0 Å². The average molecular weight is 284 g/mol. The van der Waals surface area contributed by atoms with Crippen molar-refractivity contribution >= 4 is 11.7 Å². The Balaban J connectivity index is 1.84. The minimum atomic E-state index is -0.00164. The molecule has 0 bridgehead atoms. The normalized spacial score (nSPS) is 10.4. The second kappa shape index (κ2) is 6.83. The van der Waals surface area contributed by atoms with Crippen LogP contribution in [0.2, 0.25) is 0 Å². The molecule has 0 unspecified atom stereocenters. The Bertz CT molecular complexity index is 640. The molecule has 0 saturated heterocycles. The second-order valence-corrected chi connectivity index (χ2v) is 5.03. The summed E-state index contributed by atoms with van der Waals surface area (Å²) in [6.07, 6.45) is 2.84. The van der Waals surface area contributed by atoms with Gasteiger partial charge in [0, 0.05) is 24.7 Å². The van der Waals surface area contributed by atoms with Crippen molar-refractivity contribution in [3.8, 4) is 0 Å². The molecule has 110 valence electrons. The lowest BCUT2D eigenvalue weighted by Crippen LogP contribution is -2.24. The summed E-state index contributed by atoms with van der Waals surface area (Å²) in [5.41, 5.74) is 8.94. The van der Waals surface area contributed by atoms with Crippen molar-refractivity contribution in [3.05, 3.63) is 53.0 Å². The number of aromatic nitrogens is 2. The number of nitrogens with zero attached hydrogens (tertiary/aromatic N) is 2. The molecule has 0 aliphatic rings. The van der Waals surface area contributed by atoms with Gasteiger partial charge in [0.05, 0.1) is 0 Å². The molecule has 0 atom stereocenters. The molecule has 3 N–H and O–H groups in total. The van der Waals surface area contributed by atoms with E-state index >= 15 is 0 Å². The molecule has 0 spiro atoms. The molecule has 0 fully saturated rings. The number of amides is 1. The highest BCUT2D eigenvalue weighted by atomic mass is 16.1. The standard InChI is InChI=1S/C16H20N4O/c1-11-5-3-4-6-13(11)7-8-15(21)19-10-14-9-18-12(2)20-16(14)17/h3-6,9H,7-8,10H2,1-2H3,(H,19,21)(H2,17,18,20). The number of carbonyl (C=O) groups excluding carboxylic acids is 1. The molecule has 5 heteroatoms. The third kappa shape index (κ3) is 4.27. The molecule has 0 aliphatic heterocycles. The number of hydrogen-bond acceptors (Lipinski definition) is 4. The van der Waals surface area contributed by atoms with Crippen molar-refractivity contribution in [2.75, 3.05) is 5.73 Å². The van der Waals surface area contributed by atoms with E-state index in [0.717, 1.165) is 12.0 Å². The van der Waals surface area contributed by atoms with E-state index in [1.54, 1.807) is 13.1 Å². The minimum Gasteiger partial charge on any atom is -0.383 e. The first-order valence-electron chi connectivity index (χ1n) is 6.95. The number of carbonyl (C=O) groups is 1. The maximum atomic E-state index is 11.9. The maximum Gasteiger partial charge on any atom is 0.220 e. The van der Waals surface area contributed by atoms with Crippen LogP contribution in [-0.2, 0) is 17.8 Å². The number of hydrogen-bond donors (Lipinski definition) is 2. The molecule has 0 aliphatic carbocycles. The first kappa shape index (κ1) is 15.0. The summed E-state index contributed by atoms with van der Waals surface area (Å²) in [4.78, 5) is 20.0. The lowest BCUT2D eigenvalue weighted by molar-refractivity contribution is -0.121. The highest BCUT2D eigenvalue weighted by molar-refractivity contribution is 5.76. The smallest absolute Gasteiger partial charge is 0.220 e. The molecule has 21 heavy (non-hydrogen) atoms. The number of aryl methyl sites for hydroxylation is 3. The Morgan fingerprint density at radius 1 is 1.24 bits per heavy atom. The number of benzene rings is 1. The summed E-state index contributed by atoms with van der Waals surface area (Å²) in [5.74, 6) is 1.04. The van der Waals surface area contributed by atoms with Gasteiger partial charge in [-0.25, -0.2) is 9.97 Å². The average Bonchev–Trinajstić information content (AvgIpc) is 2.45. The van der Waals surface area contributed by atoms with E-state index < -0.39 is 0 Å². The Hall–Kier alpha value is -2.43. The van der Waals surface area contributed by atoms with Crippen LogP contribution in [-0.4, -0.2) is 15.9 Å². The molecule has 2 aromatic rings. The summed E-state index contributed by atoms with van der Waals surface area (Å²) in [5, 5.41) is 2.85. The van der Waals surface area contributed by atoms with Crippen LogP contribution in [0.4, 0.5) is 5.82 Å². The molecule has 0 radical (unpaired) electrons. The van der Waals surface area contributed by atoms with E-state index in [2.05, 4.69) is 34.3 Å². The molecule has 1 aromatic heterocycles. The zero-order valence-electron chi connectivity index (χ0n) is 12.4. The van der Waals surface area contributed by atoms with E-state index in [-0.39, 0.29) is 5.91 Å². The number of anilines is 1. The summed E-state index contributed by atoms with van der Waals surface area (Å²) in [6.45, 7) is 4.19. The predicted molar refractivity (Wildman–Crippen MR) is 82.5 cm³/mol. The molecule has 1 amide bonds. The fourth-order valence-corrected chi connectivity index (χ4v) is 2.07. The quantitative estimate of drug-likeness (QED) is 0.879. The third-order valence-corrected chi connectivity index (χ3v) is 3.38. The van der Waals surface area contributed by atoms with Crippen molar-refractivity contribution in [2.45, 2.75) is 33.2 Å². The maximum absolute atomic E-state index is 11.9. The van der Waals surface area contributed by atoms with Gasteiger partial charge < -0.3 is 11.1 Å². The van der Waals surface area contributed by atoms with Gasteiger partial charge in [-0.2, -0.15) is 0 Å². The predicted octanol–water partition coefficient (Wildman–Crippen LogP) is 1.92. The van der Waals surface area contributed by atoms with E-state index in [1.165, 1.54) is 11.1 Å². The van der Waals surface area contributed by atoms with Gasteiger partial charge in [-0.1, -0.05) is 24.3 Å². The Morgan fingerprint density at radius 2 is 2.00 bits per heavy atom. The van der Waals surface area contributed by atoms with Crippen LogP contribution in [0.15, 0.2) is 30.5 Å². The van der Waals surface area contributed by atoms with Crippen LogP contribution in [0.25, 0.3) is 0 Å². The van der Waals surface area contributed by atoms with Gasteiger partial charge in [0.25, 0.3) is 0 Å². The number of nitrogens with two attached hydrogens (primary N) is 1. The molecule has 0 saturated carbocycles. The first-order valence-corrected chi connectivity index (χ1v) is 6.95. The lowest BCUT2D eigenvalue weighted by atomic mass is 10.0. The molecular formula is C16H20N4O. The molecule has 2 rings (SSSR count). The van der Waals surface area contributed by atoms with Gasteiger partial charge in [0.1, 0.15) is 11.6 Å². The van der Waals surface area contributed by atoms with Crippen molar-refractivity contribution in [1.29, 1.82) is 0 Å². The molecule has 1 aromatic carbocycles. The number of rotatable bonds is 5. The fourth-order valence-electron chi connectivity index (χ4n) is 2.07. The Kier molecular flexibility index (Phi) is 4.87. The molecule has 5 nitrogen and oxygen atoms in total. The van der Waals surface area contributed by atoms with Crippen LogP contribution < -0.4 is 11.1 Å². The zero-order valence-corrected chi connectivity index (χ0v) is 12.4. The van der Waals surface area contributed by atoms with Gasteiger partial charge in [-0.05, 0) is 31.4 Å². The first-order chi connectivity index (χ1) is 10.1. The number of nitrogen functional groups attached to an aromatic ring is 1. The number of nitrogens with one attached hydrogen (secondary N) is 1. The van der Waals surface area contributed by atoms with Crippen molar-refractivity contribution < 1.29 is 4.79 Å².